The number of para-hydroxylation sites is 1. The van der Waals surface area contributed by atoms with Crippen molar-refractivity contribution in [3.63, 3.8) is 0 Å². The van der Waals surface area contributed by atoms with Crippen molar-refractivity contribution in [3.8, 4) is 5.75 Å². The van der Waals surface area contributed by atoms with Gasteiger partial charge in [0, 0.05) is 42.8 Å². The summed E-state index contributed by atoms with van der Waals surface area (Å²) < 4.78 is 7.34. The van der Waals surface area contributed by atoms with Gasteiger partial charge >= 0.3 is 0 Å². The van der Waals surface area contributed by atoms with Crippen LogP contribution in [-0.2, 0) is 13.0 Å². The first kappa shape index (κ1) is 15.4. The van der Waals surface area contributed by atoms with Gasteiger partial charge in [-0.3, -0.25) is 0 Å². The Balaban J connectivity index is 1.76. The third kappa shape index (κ3) is 3.32. The second-order valence-electron chi connectivity index (χ2n) is 5.66. The van der Waals surface area contributed by atoms with E-state index in [1.165, 1.54) is 0 Å². The number of nitrogens with one attached hydrogen (secondary N) is 1. The van der Waals surface area contributed by atoms with Crippen LogP contribution in [0.15, 0.2) is 54.7 Å². The van der Waals surface area contributed by atoms with E-state index in [0.29, 0.717) is 13.0 Å². The number of methoxy groups -OCH3 is 1. The molecule has 1 aromatic heterocycles. The minimum absolute atomic E-state index is 0.442. The summed E-state index contributed by atoms with van der Waals surface area (Å²) in [6.45, 7) is 0.563. The number of aliphatic hydroxyl groups is 1. The normalized spacial score (nSPS) is 12.3. The molecule has 1 atom stereocenters. The smallest absolute Gasteiger partial charge is 0.119 e. The molecular formula is C19H22N2O2. The van der Waals surface area contributed by atoms with Crippen LogP contribution in [-0.4, -0.2) is 29.9 Å². The van der Waals surface area contributed by atoms with Gasteiger partial charge in [-0.2, -0.15) is 0 Å². The molecule has 0 unspecified atom stereocenters. The Bertz CT molecular complexity index is 795. The van der Waals surface area contributed by atoms with E-state index in [0.717, 1.165) is 27.9 Å². The highest BCUT2D eigenvalue weighted by atomic mass is 16.5. The van der Waals surface area contributed by atoms with Crippen LogP contribution in [0.3, 0.4) is 0 Å². The summed E-state index contributed by atoms with van der Waals surface area (Å²) in [6.07, 6.45) is 2.19. The van der Waals surface area contributed by atoms with Crippen molar-refractivity contribution in [1.82, 2.24) is 4.57 Å². The van der Waals surface area contributed by atoms with Crippen molar-refractivity contribution < 1.29 is 9.84 Å². The van der Waals surface area contributed by atoms with Gasteiger partial charge in [0.2, 0.25) is 0 Å². The van der Waals surface area contributed by atoms with Gasteiger partial charge in [-0.15, -0.1) is 0 Å². The highest BCUT2D eigenvalue weighted by Gasteiger charge is 2.11. The van der Waals surface area contributed by atoms with E-state index in [9.17, 15) is 5.11 Å². The van der Waals surface area contributed by atoms with Gasteiger partial charge in [-0.1, -0.05) is 18.2 Å². The molecule has 0 aliphatic carbocycles. The summed E-state index contributed by atoms with van der Waals surface area (Å²) in [5, 5.41) is 14.8. The first-order valence-electron chi connectivity index (χ1n) is 7.78. The summed E-state index contributed by atoms with van der Waals surface area (Å²) in [4.78, 5) is 0. The molecule has 0 aliphatic rings. The van der Waals surface area contributed by atoms with Crippen LogP contribution in [0.1, 0.15) is 5.56 Å². The fourth-order valence-electron chi connectivity index (χ4n) is 2.95. The number of hydrogen-bond acceptors (Lipinski definition) is 3. The average molecular weight is 310 g/mol. The van der Waals surface area contributed by atoms with E-state index >= 15 is 0 Å². The van der Waals surface area contributed by atoms with E-state index in [1.807, 2.05) is 61.8 Å². The van der Waals surface area contributed by atoms with E-state index < -0.39 is 6.10 Å². The Morgan fingerprint density at radius 1 is 1.17 bits per heavy atom. The van der Waals surface area contributed by atoms with Gasteiger partial charge < -0.3 is 19.7 Å². The van der Waals surface area contributed by atoms with Gasteiger partial charge in [0.15, 0.2) is 0 Å². The quantitative estimate of drug-likeness (QED) is 0.734. The van der Waals surface area contributed by atoms with Crippen molar-refractivity contribution in [3.05, 3.63) is 60.3 Å². The first-order chi connectivity index (χ1) is 11.2. The molecule has 0 amide bonds. The standard InChI is InChI=1S/C19H22N2O2/c1-20-18-6-4-3-5-14(18)11-16(22)13-21-10-9-15-12-17(23-2)7-8-19(15)21/h3-10,12,16,20,22H,11,13H2,1-2H3/t16-/m1/s1. The number of ether oxygens (including phenoxy) is 1. The van der Waals surface area contributed by atoms with Crippen LogP contribution in [0, 0.1) is 0 Å². The zero-order valence-corrected chi connectivity index (χ0v) is 13.5. The summed E-state index contributed by atoms with van der Waals surface area (Å²) in [5.74, 6) is 0.846. The summed E-state index contributed by atoms with van der Waals surface area (Å²) in [7, 11) is 3.57. The summed E-state index contributed by atoms with van der Waals surface area (Å²) in [5.41, 5.74) is 3.29. The topological polar surface area (TPSA) is 46.4 Å². The van der Waals surface area contributed by atoms with E-state index in [1.54, 1.807) is 7.11 Å². The lowest BCUT2D eigenvalue weighted by atomic mass is 10.1. The van der Waals surface area contributed by atoms with Crippen molar-refractivity contribution in [2.75, 3.05) is 19.5 Å². The largest absolute Gasteiger partial charge is 0.497 e. The predicted octanol–water partition coefficient (Wildman–Crippen LogP) is 3.30. The van der Waals surface area contributed by atoms with Crippen LogP contribution in [0.5, 0.6) is 5.75 Å². The fraction of sp³-hybridized carbons (Fsp3) is 0.263. The van der Waals surface area contributed by atoms with Gasteiger partial charge in [0.25, 0.3) is 0 Å². The SMILES string of the molecule is CNc1ccccc1C[C@@H](O)Cn1ccc2cc(OC)ccc21. The van der Waals surface area contributed by atoms with Crippen molar-refractivity contribution in [2.45, 2.75) is 19.1 Å². The first-order valence-corrected chi connectivity index (χ1v) is 7.78. The number of aromatic nitrogens is 1. The van der Waals surface area contributed by atoms with Gasteiger partial charge in [0.1, 0.15) is 5.75 Å². The highest BCUT2D eigenvalue weighted by molar-refractivity contribution is 5.81. The molecule has 4 nitrogen and oxygen atoms in total. The molecule has 0 aliphatic heterocycles. The number of rotatable bonds is 6. The van der Waals surface area contributed by atoms with Gasteiger partial charge in [-0.25, -0.2) is 0 Å². The number of aliphatic hydroxyl groups excluding tert-OH is 1. The van der Waals surface area contributed by atoms with E-state index in [4.69, 9.17) is 4.74 Å². The molecular weight excluding hydrogens is 288 g/mol. The molecule has 0 fully saturated rings. The Morgan fingerprint density at radius 2 is 2.00 bits per heavy atom. The molecule has 2 aromatic carbocycles. The van der Waals surface area contributed by atoms with Crippen LogP contribution in [0.2, 0.25) is 0 Å². The molecule has 4 heteroatoms. The predicted molar refractivity (Wildman–Crippen MR) is 94.2 cm³/mol. The zero-order chi connectivity index (χ0) is 16.2. The average Bonchev–Trinajstić information content (AvgIpc) is 2.97. The lowest BCUT2D eigenvalue weighted by Gasteiger charge is -2.15. The van der Waals surface area contributed by atoms with Crippen molar-refractivity contribution in [1.29, 1.82) is 0 Å². The Kier molecular flexibility index (Phi) is 4.53. The maximum atomic E-state index is 10.5. The minimum Gasteiger partial charge on any atom is -0.497 e. The monoisotopic (exact) mass is 310 g/mol. The zero-order valence-electron chi connectivity index (χ0n) is 13.5. The van der Waals surface area contributed by atoms with Crippen LogP contribution < -0.4 is 10.1 Å². The Hall–Kier alpha value is -2.46. The molecule has 0 saturated heterocycles. The third-order valence-corrected chi connectivity index (χ3v) is 4.13. The van der Waals surface area contributed by atoms with E-state index in [-0.39, 0.29) is 0 Å². The highest BCUT2D eigenvalue weighted by Crippen LogP contribution is 2.23. The Labute approximate surface area is 136 Å². The molecule has 0 saturated carbocycles. The van der Waals surface area contributed by atoms with Crippen molar-refractivity contribution >= 4 is 16.6 Å². The van der Waals surface area contributed by atoms with Crippen molar-refractivity contribution in [2.24, 2.45) is 0 Å². The Morgan fingerprint density at radius 3 is 2.78 bits per heavy atom. The molecule has 1 heterocycles. The molecule has 120 valence electrons. The lowest BCUT2D eigenvalue weighted by molar-refractivity contribution is 0.156. The second kappa shape index (κ2) is 6.75. The second-order valence-corrected chi connectivity index (χ2v) is 5.66. The number of fused-ring (bicyclic) bond motifs is 1. The maximum Gasteiger partial charge on any atom is 0.119 e. The third-order valence-electron chi connectivity index (χ3n) is 4.13. The molecule has 3 aromatic rings. The molecule has 0 radical (unpaired) electrons. The molecule has 0 bridgehead atoms. The van der Waals surface area contributed by atoms with Crippen LogP contribution in [0.25, 0.3) is 10.9 Å². The van der Waals surface area contributed by atoms with Gasteiger partial charge in [0.05, 0.1) is 13.2 Å². The minimum atomic E-state index is -0.442. The molecule has 3 rings (SSSR count). The molecule has 0 spiro atoms. The van der Waals surface area contributed by atoms with Crippen LogP contribution in [0.4, 0.5) is 5.69 Å². The number of nitrogens with zero attached hydrogens (tertiary/aromatic N) is 1. The summed E-state index contributed by atoms with van der Waals surface area (Å²) in [6, 6.07) is 16.1. The summed E-state index contributed by atoms with van der Waals surface area (Å²) >= 11 is 0. The number of hydrogen-bond donors (Lipinski definition) is 2. The maximum absolute atomic E-state index is 10.5. The lowest BCUT2D eigenvalue weighted by Crippen LogP contribution is -2.18. The van der Waals surface area contributed by atoms with Crippen LogP contribution >= 0.6 is 0 Å². The van der Waals surface area contributed by atoms with Gasteiger partial charge in [-0.05, 0) is 35.9 Å². The molecule has 2 N–H and O–H groups in total. The van der Waals surface area contributed by atoms with E-state index in [2.05, 4.69) is 9.88 Å². The number of anilines is 1. The fourth-order valence-corrected chi connectivity index (χ4v) is 2.95. The molecule has 23 heavy (non-hydrogen) atoms. The number of benzene rings is 2.